The van der Waals surface area contributed by atoms with Crippen LogP contribution in [0.15, 0.2) is 52.2 Å². The van der Waals surface area contributed by atoms with Crippen LogP contribution in [-0.2, 0) is 9.53 Å². The molecule has 1 aromatic heterocycles. The van der Waals surface area contributed by atoms with Crippen LogP contribution in [0.1, 0.15) is 30.2 Å². The van der Waals surface area contributed by atoms with Gasteiger partial charge in [0.15, 0.2) is 0 Å². The average Bonchev–Trinajstić information content (AvgIpc) is 3.36. The predicted octanol–water partition coefficient (Wildman–Crippen LogP) is 3.33. The van der Waals surface area contributed by atoms with Gasteiger partial charge in [0.05, 0.1) is 25.5 Å². The number of hydrogen-bond acceptors (Lipinski definition) is 5. The number of benzene rings is 1. The summed E-state index contributed by atoms with van der Waals surface area (Å²) in [6.45, 7) is 3.90. The Hall–Kier alpha value is -2.15. The van der Waals surface area contributed by atoms with Gasteiger partial charge in [-0.1, -0.05) is 23.7 Å². The second-order valence-corrected chi connectivity index (χ2v) is 7.18. The second kappa shape index (κ2) is 8.25. The molecular formula is C20H22ClN3O3. The van der Waals surface area contributed by atoms with Crippen molar-refractivity contribution in [1.29, 1.82) is 0 Å². The molecule has 0 aliphatic carbocycles. The van der Waals surface area contributed by atoms with Crippen molar-refractivity contribution in [2.24, 2.45) is 5.10 Å². The molecule has 0 saturated carbocycles. The van der Waals surface area contributed by atoms with Crippen molar-refractivity contribution in [3.63, 3.8) is 0 Å². The van der Waals surface area contributed by atoms with Gasteiger partial charge >= 0.3 is 0 Å². The summed E-state index contributed by atoms with van der Waals surface area (Å²) in [4.78, 5) is 15.2. The van der Waals surface area contributed by atoms with E-state index in [9.17, 15) is 4.79 Å². The number of morpholine rings is 1. The Bertz CT molecular complexity index is 816. The summed E-state index contributed by atoms with van der Waals surface area (Å²) in [5, 5.41) is 6.86. The lowest BCUT2D eigenvalue weighted by Gasteiger charge is -2.27. The number of carbonyl (C=O) groups is 1. The van der Waals surface area contributed by atoms with Gasteiger partial charge in [-0.05, 0) is 29.8 Å². The third kappa shape index (κ3) is 4.24. The molecule has 1 fully saturated rings. The van der Waals surface area contributed by atoms with Gasteiger partial charge in [0.1, 0.15) is 11.5 Å². The van der Waals surface area contributed by atoms with Crippen LogP contribution in [-0.4, -0.2) is 54.4 Å². The molecule has 0 radical (unpaired) electrons. The van der Waals surface area contributed by atoms with Crippen LogP contribution in [0.2, 0.25) is 5.02 Å². The summed E-state index contributed by atoms with van der Waals surface area (Å²) in [6, 6.07) is 11.2. The molecule has 7 heteroatoms. The summed E-state index contributed by atoms with van der Waals surface area (Å²) >= 11 is 6.17. The van der Waals surface area contributed by atoms with Gasteiger partial charge in [0, 0.05) is 37.5 Å². The summed E-state index contributed by atoms with van der Waals surface area (Å²) in [5.41, 5.74) is 1.76. The Morgan fingerprint density at radius 1 is 1.22 bits per heavy atom. The third-order valence-corrected chi connectivity index (χ3v) is 5.19. The minimum atomic E-state index is -0.166. The zero-order chi connectivity index (χ0) is 18.6. The van der Waals surface area contributed by atoms with E-state index in [2.05, 4.69) is 10.0 Å². The van der Waals surface area contributed by atoms with E-state index >= 15 is 0 Å². The minimum Gasteiger partial charge on any atom is -0.463 e. The number of furan rings is 1. The Morgan fingerprint density at radius 3 is 2.81 bits per heavy atom. The maximum atomic E-state index is 13.0. The Morgan fingerprint density at radius 2 is 2.07 bits per heavy atom. The molecule has 0 N–H and O–H groups in total. The first-order valence-electron chi connectivity index (χ1n) is 9.20. The highest BCUT2D eigenvalue weighted by Gasteiger charge is 2.34. The summed E-state index contributed by atoms with van der Waals surface area (Å²) in [5.74, 6) is 0.707. The zero-order valence-corrected chi connectivity index (χ0v) is 15.8. The fourth-order valence-electron chi connectivity index (χ4n) is 3.50. The molecule has 1 amide bonds. The standard InChI is InChI=1S/C20H22ClN3O3/c21-16-4-1-3-15(13-16)18-14-17(19-5-2-10-27-19)22-24(18)20(25)6-7-23-8-11-26-12-9-23/h1-5,10,13,18H,6-9,11-12,14H2/t18-/m1/s1. The molecule has 1 aromatic carbocycles. The summed E-state index contributed by atoms with van der Waals surface area (Å²) in [6.07, 6.45) is 2.65. The first-order valence-corrected chi connectivity index (χ1v) is 9.57. The number of halogens is 1. The lowest BCUT2D eigenvalue weighted by atomic mass is 10.0. The highest BCUT2D eigenvalue weighted by atomic mass is 35.5. The minimum absolute atomic E-state index is 0.00743. The lowest BCUT2D eigenvalue weighted by Crippen LogP contribution is -2.39. The van der Waals surface area contributed by atoms with Crippen molar-refractivity contribution in [3.05, 3.63) is 59.0 Å². The van der Waals surface area contributed by atoms with Gasteiger partial charge in [0.2, 0.25) is 5.91 Å². The molecule has 2 aliphatic rings. The summed E-state index contributed by atoms with van der Waals surface area (Å²) in [7, 11) is 0. The Kier molecular flexibility index (Phi) is 5.57. The molecule has 1 saturated heterocycles. The molecule has 1 atom stereocenters. The largest absolute Gasteiger partial charge is 0.463 e. The second-order valence-electron chi connectivity index (χ2n) is 6.74. The zero-order valence-electron chi connectivity index (χ0n) is 15.0. The van der Waals surface area contributed by atoms with E-state index < -0.39 is 0 Å². The summed E-state index contributed by atoms with van der Waals surface area (Å²) < 4.78 is 10.9. The van der Waals surface area contributed by atoms with E-state index in [0.717, 1.165) is 37.6 Å². The van der Waals surface area contributed by atoms with E-state index in [-0.39, 0.29) is 11.9 Å². The molecule has 2 aliphatic heterocycles. The number of amides is 1. The highest BCUT2D eigenvalue weighted by molar-refractivity contribution is 6.30. The molecule has 0 unspecified atom stereocenters. The number of ether oxygens (including phenoxy) is 1. The van der Waals surface area contributed by atoms with Gasteiger partial charge in [-0.3, -0.25) is 9.69 Å². The van der Waals surface area contributed by atoms with Crippen LogP contribution >= 0.6 is 11.6 Å². The highest BCUT2D eigenvalue weighted by Crippen LogP contribution is 2.34. The van der Waals surface area contributed by atoms with E-state index in [1.807, 2.05) is 36.4 Å². The van der Waals surface area contributed by atoms with Crippen molar-refractivity contribution in [1.82, 2.24) is 9.91 Å². The topological polar surface area (TPSA) is 58.3 Å². The van der Waals surface area contributed by atoms with Crippen LogP contribution in [0, 0.1) is 0 Å². The van der Waals surface area contributed by atoms with Crippen LogP contribution in [0.4, 0.5) is 0 Å². The quantitative estimate of drug-likeness (QED) is 0.789. The van der Waals surface area contributed by atoms with Crippen molar-refractivity contribution < 1.29 is 13.9 Å². The molecule has 142 valence electrons. The number of hydrogen-bond donors (Lipinski definition) is 0. The molecule has 0 spiro atoms. The van der Waals surface area contributed by atoms with Crippen LogP contribution in [0.5, 0.6) is 0 Å². The molecule has 3 heterocycles. The Labute approximate surface area is 163 Å². The maximum absolute atomic E-state index is 13.0. The van der Waals surface area contributed by atoms with Gasteiger partial charge in [0.25, 0.3) is 0 Å². The molecule has 27 heavy (non-hydrogen) atoms. The lowest BCUT2D eigenvalue weighted by molar-refractivity contribution is -0.133. The van der Waals surface area contributed by atoms with E-state index in [4.69, 9.17) is 20.8 Å². The van der Waals surface area contributed by atoms with Gasteiger partial charge in [-0.2, -0.15) is 5.10 Å². The third-order valence-electron chi connectivity index (χ3n) is 4.95. The average molecular weight is 388 g/mol. The number of hydrazone groups is 1. The van der Waals surface area contributed by atoms with Crippen LogP contribution in [0.3, 0.4) is 0 Å². The fraction of sp³-hybridized carbons (Fsp3) is 0.400. The van der Waals surface area contributed by atoms with Crippen molar-refractivity contribution in [3.8, 4) is 0 Å². The van der Waals surface area contributed by atoms with Gasteiger partial charge < -0.3 is 9.15 Å². The molecule has 2 aromatic rings. The SMILES string of the molecule is O=C(CCN1CCOCC1)N1N=C(c2ccco2)C[C@@H]1c1cccc(Cl)c1. The van der Waals surface area contributed by atoms with Crippen LogP contribution < -0.4 is 0 Å². The molecular weight excluding hydrogens is 366 g/mol. The number of nitrogens with zero attached hydrogens (tertiary/aromatic N) is 3. The Balaban J connectivity index is 1.52. The van der Waals surface area contributed by atoms with Crippen LogP contribution in [0.25, 0.3) is 0 Å². The number of carbonyl (C=O) groups excluding carboxylic acids is 1. The van der Waals surface area contributed by atoms with Gasteiger partial charge in [-0.25, -0.2) is 5.01 Å². The molecule has 6 nitrogen and oxygen atoms in total. The predicted molar refractivity (Wildman–Crippen MR) is 103 cm³/mol. The number of rotatable bonds is 5. The monoisotopic (exact) mass is 387 g/mol. The van der Waals surface area contributed by atoms with E-state index in [0.29, 0.717) is 30.2 Å². The first kappa shape index (κ1) is 18.2. The molecule has 4 rings (SSSR count). The van der Waals surface area contributed by atoms with Gasteiger partial charge in [-0.15, -0.1) is 0 Å². The van der Waals surface area contributed by atoms with E-state index in [1.54, 1.807) is 11.3 Å². The fourth-order valence-corrected chi connectivity index (χ4v) is 3.70. The van der Waals surface area contributed by atoms with Crippen molar-refractivity contribution in [2.75, 3.05) is 32.8 Å². The molecule has 0 bridgehead atoms. The first-order chi connectivity index (χ1) is 13.2. The van der Waals surface area contributed by atoms with E-state index in [1.165, 1.54) is 0 Å². The normalized spacial score (nSPS) is 20.7. The smallest absolute Gasteiger partial charge is 0.244 e. The van der Waals surface area contributed by atoms with Crippen molar-refractivity contribution >= 4 is 23.2 Å². The maximum Gasteiger partial charge on any atom is 0.244 e. The van der Waals surface area contributed by atoms with Crippen molar-refractivity contribution in [2.45, 2.75) is 18.9 Å².